The van der Waals surface area contributed by atoms with E-state index in [-0.39, 0.29) is 0 Å². The van der Waals surface area contributed by atoms with E-state index in [0.29, 0.717) is 5.92 Å². The Morgan fingerprint density at radius 1 is 1.38 bits per heavy atom. The summed E-state index contributed by atoms with van der Waals surface area (Å²) < 4.78 is 0. The van der Waals surface area contributed by atoms with Crippen molar-refractivity contribution < 1.29 is 4.79 Å². The van der Waals surface area contributed by atoms with E-state index < -0.39 is 6.03 Å². The molecule has 1 saturated heterocycles. The molecular weight excluding hydrogens is 202 g/mol. The number of hydrogen-bond donors (Lipinski definition) is 3. The summed E-state index contributed by atoms with van der Waals surface area (Å²) >= 11 is 0. The summed E-state index contributed by atoms with van der Waals surface area (Å²) in [5.41, 5.74) is 7.16. The smallest absolute Gasteiger partial charge is 0.316 e. The van der Waals surface area contributed by atoms with Gasteiger partial charge in [-0.2, -0.15) is 0 Å². The van der Waals surface area contributed by atoms with Crippen LogP contribution >= 0.6 is 0 Å². The lowest BCUT2D eigenvalue weighted by atomic mass is 9.90. The van der Waals surface area contributed by atoms with Crippen molar-refractivity contribution in [1.29, 1.82) is 0 Å². The lowest BCUT2D eigenvalue weighted by Gasteiger charge is -2.23. The molecule has 0 bridgehead atoms. The summed E-state index contributed by atoms with van der Waals surface area (Å²) in [6.07, 6.45) is 2.31. The average molecular weight is 219 g/mol. The highest BCUT2D eigenvalue weighted by molar-refractivity contribution is 5.87. The van der Waals surface area contributed by atoms with Gasteiger partial charge in [0, 0.05) is 5.69 Å². The van der Waals surface area contributed by atoms with Crippen LogP contribution in [0.4, 0.5) is 10.5 Å². The summed E-state index contributed by atoms with van der Waals surface area (Å²) in [6.45, 7) is 2.14. The van der Waals surface area contributed by atoms with E-state index >= 15 is 0 Å². The number of carbonyl (C=O) groups excluding carboxylic acids is 1. The quantitative estimate of drug-likeness (QED) is 0.708. The van der Waals surface area contributed by atoms with E-state index in [2.05, 4.69) is 16.7 Å². The number of amides is 2. The van der Waals surface area contributed by atoms with E-state index in [1.807, 2.05) is 18.2 Å². The van der Waals surface area contributed by atoms with Gasteiger partial charge >= 0.3 is 6.03 Å². The van der Waals surface area contributed by atoms with Crippen molar-refractivity contribution in [2.45, 2.75) is 18.8 Å². The molecule has 0 unspecified atom stereocenters. The van der Waals surface area contributed by atoms with Crippen molar-refractivity contribution in [3.05, 3.63) is 29.8 Å². The fourth-order valence-electron chi connectivity index (χ4n) is 2.17. The number of nitrogens with one attached hydrogen (secondary N) is 2. The number of urea groups is 1. The van der Waals surface area contributed by atoms with Crippen molar-refractivity contribution in [2.24, 2.45) is 5.73 Å². The molecule has 1 aliphatic heterocycles. The SMILES string of the molecule is NC(=O)Nc1cccc(C2CCNCC2)c1. The number of anilines is 1. The fourth-order valence-corrected chi connectivity index (χ4v) is 2.17. The summed E-state index contributed by atoms with van der Waals surface area (Å²) in [4.78, 5) is 10.8. The summed E-state index contributed by atoms with van der Waals surface area (Å²) in [6, 6.07) is 7.43. The first-order chi connectivity index (χ1) is 7.75. The van der Waals surface area contributed by atoms with Crippen LogP contribution in [0.25, 0.3) is 0 Å². The van der Waals surface area contributed by atoms with Crippen molar-refractivity contribution in [3.63, 3.8) is 0 Å². The molecule has 4 heteroatoms. The van der Waals surface area contributed by atoms with Crippen molar-refractivity contribution in [2.75, 3.05) is 18.4 Å². The van der Waals surface area contributed by atoms with Crippen LogP contribution in [0.15, 0.2) is 24.3 Å². The molecule has 4 nitrogen and oxygen atoms in total. The molecule has 1 aliphatic rings. The minimum Gasteiger partial charge on any atom is -0.351 e. The highest BCUT2D eigenvalue weighted by Gasteiger charge is 2.15. The van der Waals surface area contributed by atoms with Gasteiger partial charge in [0.05, 0.1) is 0 Å². The Kier molecular flexibility index (Phi) is 3.41. The molecule has 2 amide bonds. The van der Waals surface area contributed by atoms with E-state index in [4.69, 9.17) is 5.73 Å². The van der Waals surface area contributed by atoms with Crippen molar-refractivity contribution in [3.8, 4) is 0 Å². The van der Waals surface area contributed by atoms with Gasteiger partial charge in [0.1, 0.15) is 0 Å². The third-order valence-corrected chi connectivity index (χ3v) is 2.96. The predicted molar refractivity (Wildman–Crippen MR) is 64.5 cm³/mol. The molecule has 1 heterocycles. The Balaban J connectivity index is 2.11. The van der Waals surface area contributed by atoms with Gasteiger partial charge in [-0.15, -0.1) is 0 Å². The maximum Gasteiger partial charge on any atom is 0.316 e. The van der Waals surface area contributed by atoms with Gasteiger partial charge in [0.2, 0.25) is 0 Å². The van der Waals surface area contributed by atoms with Crippen LogP contribution in [0.1, 0.15) is 24.3 Å². The molecule has 0 saturated carbocycles. The second-order valence-electron chi connectivity index (χ2n) is 4.14. The summed E-state index contributed by atoms with van der Waals surface area (Å²) in [5, 5.41) is 5.95. The Morgan fingerprint density at radius 3 is 2.81 bits per heavy atom. The first-order valence-corrected chi connectivity index (χ1v) is 5.63. The van der Waals surface area contributed by atoms with Gasteiger partial charge in [-0.3, -0.25) is 0 Å². The lowest BCUT2D eigenvalue weighted by Crippen LogP contribution is -2.26. The Bertz CT molecular complexity index is 372. The van der Waals surface area contributed by atoms with Crippen molar-refractivity contribution >= 4 is 11.7 Å². The van der Waals surface area contributed by atoms with Crippen LogP contribution in [0, 0.1) is 0 Å². The summed E-state index contributed by atoms with van der Waals surface area (Å²) in [7, 11) is 0. The number of primary amides is 1. The molecule has 16 heavy (non-hydrogen) atoms. The molecule has 1 aromatic rings. The Labute approximate surface area is 95.2 Å². The molecular formula is C12H17N3O. The van der Waals surface area contributed by atoms with Crippen LogP contribution in [0.5, 0.6) is 0 Å². The minimum absolute atomic E-state index is 0.512. The largest absolute Gasteiger partial charge is 0.351 e. The highest BCUT2D eigenvalue weighted by atomic mass is 16.2. The third kappa shape index (κ3) is 2.73. The van der Waals surface area contributed by atoms with Gasteiger partial charge in [-0.25, -0.2) is 4.79 Å². The fraction of sp³-hybridized carbons (Fsp3) is 0.417. The second-order valence-corrected chi connectivity index (χ2v) is 4.14. The van der Waals surface area contributed by atoms with Gasteiger partial charge in [-0.1, -0.05) is 12.1 Å². The predicted octanol–water partition coefficient (Wildman–Crippen LogP) is 1.64. The maximum atomic E-state index is 10.8. The first kappa shape index (κ1) is 11.0. The van der Waals surface area contributed by atoms with Gasteiger partial charge in [0.15, 0.2) is 0 Å². The van der Waals surface area contributed by atoms with E-state index in [1.165, 1.54) is 5.56 Å². The standard InChI is InChI=1S/C12H17N3O/c13-12(16)15-11-3-1-2-10(8-11)9-4-6-14-7-5-9/h1-3,8-9,14H,4-7H2,(H3,13,15,16). The number of rotatable bonds is 2. The average Bonchev–Trinajstić information content (AvgIpc) is 2.30. The van der Waals surface area contributed by atoms with Crippen LogP contribution in [0.2, 0.25) is 0 Å². The third-order valence-electron chi connectivity index (χ3n) is 2.96. The molecule has 0 aromatic heterocycles. The maximum absolute atomic E-state index is 10.8. The number of hydrogen-bond acceptors (Lipinski definition) is 2. The molecule has 86 valence electrons. The van der Waals surface area contributed by atoms with Gasteiger partial charge in [0.25, 0.3) is 0 Å². The Hall–Kier alpha value is -1.55. The number of carbonyl (C=O) groups is 1. The monoisotopic (exact) mass is 219 g/mol. The molecule has 2 rings (SSSR count). The van der Waals surface area contributed by atoms with Gasteiger partial charge < -0.3 is 16.4 Å². The van der Waals surface area contributed by atoms with E-state index in [0.717, 1.165) is 31.6 Å². The zero-order valence-electron chi connectivity index (χ0n) is 9.20. The van der Waals surface area contributed by atoms with Crippen LogP contribution in [0.3, 0.4) is 0 Å². The Morgan fingerprint density at radius 2 is 2.12 bits per heavy atom. The molecule has 0 aliphatic carbocycles. The topological polar surface area (TPSA) is 67.2 Å². The molecule has 0 atom stereocenters. The number of benzene rings is 1. The molecule has 1 aromatic carbocycles. The van der Waals surface area contributed by atoms with Gasteiger partial charge in [-0.05, 0) is 49.5 Å². The molecule has 0 radical (unpaired) electrons. The summed E-state index contributed by atoms with van der Waals surface area (Å²) in [5.74, 6) is 0.593. The van der Waals surface area contributed by atoms with E-state index in [9.17, 15) is 4.79 Å². The lowest BCUT2D eigenvalue weighted by molar-refractivity contribution is 0.259. The first-order valence-electron chi connectivity index (χ1n) is 5.63. The van der Waals surface area contributed by atoms with E-state index in [1.54, 1.807) is 0 Å². The number of nitrogens with two attached hydrogens (primary N) is 1. The molecule has 4 N–H and O–H groups in total. The number of piperidine rings is 1. The van der Waals surface area contributed by atoms with Crippen LogP contribution < -0.4 is 16.4 Å². The molecule has 0 spiro atoms. The highest BCUT2D eigenvalue weighted by Crippen LogP contribution is 2.26. The minimum atomic E-state index is -0.512. The van der Waals surface area contributed by atoms with Crippen molar-refractivity contribution in [1.82, 2.24) is 5.32 Å². The van der Waals surface area contributed by atoms with Crippen LogP contribution in [-0.4, -0.2) is 19.1 Å². The van der Waals surface area contributed by atoms with Crippen LogP contribution in [-0.2, 0) is 0 Å². The zero-order valence-corrected chi connectivity index (χ0v) is 9.20. The molecule has 1 fully saturated rings. The second kappa shape index (κ2) is 4.99. The normalized spacial score (nSPS) is 17.0. The zero-order chi connectivity index (χ0) is 11.4.